The van der Waals surface area contributed by atoms with E-state index in [0.29, 0.717) is 5.92 Å². The molecule has 2 rings (SSSR count). The molecule has 0 saturated heterocycles. The van der Waals surface area contributed by atoms with Crippen molar-refractivity contribution in [2.75, 3.05) is 6.54 Å². The zero-order valence-corrected chi connectivity index (χ0v) is 9.80. The Morgan fingerprint density at radius 2 is 1.89 bits per heavy atom. The fraction of sp³-hybridized carbons (Fsp3) is 0.538. The molecular formula is C13H15F4N. The third kappa shape index (κ3) is 3.22. The van der Waals surface area contributed by atoms with Crippen LogP contribution in [0.1, 0.15) is 29.9 Å². The van der Waals surface area contributed by atoms with Crippen LogP contribution < -0.4 is 5.32 Å². The molecule has 0 radical (unpaired) electrons. The van der Waals surface area contributed by atoms with Crippen molar-refractivity contribution < 1.29 is 17.6 Å². The summed E-state index contributed by atoms with van der Waals surface area (Å²) in [5.74, 6) is -3.45. The third-order valence-corrected chi connectivity index (χ3v) is 3.07. The van der Waals surface area contributed by atoms with Gasteiger partial charge in [-0.1, -0.05) is 24.3 Å². The molecule has 18 heavy (non-hydrogen) atoms. The van der Waals surface area contributed by atoms with E-state index in [0.717, 1.165) is 24.0 Å². The van der Waals surface area contributed by atoms with E-state index in [-0.39, 0.29) is 6.54 Å². The Morgan fingerprint density at radius 1 is 1.22 bits per heavy atom. The van der Waals surface area contributed by atoms with Crippen molar-refractivity contribution in [3.05, 3.63) is 35.4 Å². The summed E-state index contributed by atoms with van der Waals surface area (Å²) in [7, 11) is 0. The van der Waals surface area contributed by atoms with Gasteiger partial charge in [0.05, 0.1) is 6.54 Å². The molecule has 1 saturated carbocycles. The van der Waals surface area contributed by atoms with Gasteiger partial charge in [0.25, 0.3) is 0 Å². The van der Waals surface area contributed by atoms with E-state index in [1.54, 1.807) is 0 Å². The van der Waals surface area contributed by atoms with Crippen molar-refractivity contribution in [1.29, 1.82) is 0 Å². The van der Waals surface area contributed by atoms with Crippen molar-refractivity contribution in [1.82, 2.24) is 5.32 Å². The Bertz CT molecular complexity index is 402. The largest absolute Gasteiger partial charge is 0.319 e. The number of halogens is 4. The van der Waals surface area contributed by atoms with Gasteiger partial charge in [0.15, 0.2) is 0 Å². The molecule has 0 spiro atoms. The molecule has 0 heterocycles. The molecule has 0 bridgehead atoms. The van der Waals surface area contributed by atoms with Crippen LogP contribution in [0, 0.1) is 0 Å². The van der Waals surface area contributed by atoms with Crippen molar-refractivity contribution in [2.45, 2.75) is 37.7 Å². The SMILES string of the molecule is FC(F)C(F)(F)CNCc1ccccc1C1CC1. The number of benzene rings is 1. The Kier molecular flexibility index (Phi) is 3.90. The highest BCUT2D eigenvalue weighted by molar-refractivity contribution is 5.33. The van der Waals surface area contributed by atoms with Gasteiger partial charge in [-0.25, -0.2) is 8.78 Å². The molecule has 1 aromatic rings. The number of hydrogen-bond donors (Lipinski definition) is 1. The predicted molar refractivity (Wildman–Crippen MR) is 61.1 cm³/mol. The first-order chi connectivity index (χ1) is 8.50. The van der Waals surface area contributed by atoms with E-state index in [1.807, 2.05) is 24.3 Å². The Hall–Kier alpha value is -1.10. The lowest BCUT2D eigenvalue weighted by Gasteiger charge is -2.16. The molecule has 0 aromatic heterocycles. The number of alkyl halides is 4. The lowest BCUT2D eigenvalue weighted by atomic mass is 10.0. The van der Waals surface area contributed by atoms with Gasteiger partial charge in [-0.15, -0.1) is 0 Å². The van der Waals surface area contributed by atoms with Crippen LogP contribution >= 0.6 is 0 Å². The fourth-order valence-corrected chi connectivity index (χ4v) is 1.93. The summed E-state index contributed by atoms with van der Waals surface area (Å²) in [6.45, 7) is -0.793. The minimum absolute atomic E-state index is 0.203. The van der Waals surface area contributed by atoms with Crippen LogP contribution in [0.15, 0.2) is 24.3 Å². The molecule has 0 atom stereocenters. The second-order valence-electron chi connectivity index (χ2n) is 4.64. The maximum atomic E-state index is 12.7. The van der Waals surface area contributed by atoms with Gasteiger partial charge in [-0.2, -0.15) is 8.78 Å². The van der Waals surface area contributed by atoms with Crippen LogP contribution in [-0.4, -0.2) is 18.9 Å². The smallest absolute Gasteiger partial charge is 0.307 e. The van der Waals surface area contributed by atoms with E-state index in [4.69, 9.17) is 0 Å². The van der Waals surface area contributed by atoms with Crippen molar-refractivity contribution in [2.24, 2.45) is 0 Å². The second kappa shape index (κ2) is 5.26. The Labute approximate surface area is 103 Å². The third-order valence-electron chi connectivity index (χ3n) is 3.07. The van der Waals surface area contributed by atoms with E-state index >= 15 is 0 Å². The minimum Gasteiger partial charge on any atom is -0.307 e. The summed E-state index contributed by atoms with van der Waals surface area (Å²) in [6.07, 6.45) is -1.39. The number of nitrogens with one attached hydrogen (secondary N) is 1. The average Bonchev–Trinajstić information content (AvgIpc) is 3.13. The monoisotopic (exact) mass is 261 g/mol. The van der Waals surface area contributed by atoms with E-state index < -0.39 is 18.9 Å². The van der Waals surface area contributed by atoms with Crippen molar-refractivity contribution in [3.8, 4) is 0 Å². The molecule has 1 aliphatic rings. The second-order valence-corrected chi connectivity index (χ2v) is 4.64. The minimum atomic E-state index is -3.96. The molecule has 1 N–H and O–H groups in total. The first kappa shape index (κ1) is 13.3. The van der Waals surface area contributed by atoms with Gasteiger partial charge in [0.1, 0.15) is 0 Å². The molecule has 1 aromatic carbocycles. The highest BCUT2D eigenvalue weighted by Crippen LogP contribution is 2.41. The first-order valence-electron chi connectivity index (χ1n) is 5.95. The fourth-order valence-electron chi connectivity index (χ4n) is 1.93. The standard InChI is InChI=1S/C13H15F4N/c14-12(15)13(16,17)8-18-7-10-3-1-2-4-11(10)9-5-6-9/h1-4,9,12,18H,5-8H2. The van der Waals surface area contributed by atoms with Crippen LogP contribution in [0.4, 0.5) is 17.6 Å². The lowest BCUT2D eigenvalue weighted by Crippen LogP contribution is -2.38. The summed E-state index contributed by atoms with van der Waals surface area (Å²) in [5.41, 5.74) is 2.07. The van der Waals surface area contributed by atoms with Gasteiger partial charge in [0, 0.05) is 6.54 Å². The predicted octanol–water partition coefficient (Wildman–Crippen LogP) is 3.55. The zero-order chi connectivity index (χ0) is 13.2. The lowest BCUT2D eigenvalue weighted by molar-refractivity contribution is -0.125. The molecule has 0 aliphatic heterocycles. The molecule has 100 valence electrons. The maximum Gasteiger partial charge on any atom is 0.319 e. The average molecular weight is 261 g/mol. The molecule has 1 nitrogen and oxygen atoms in total. The van der Waals surface area contributed by atoms with Crippen LogP contribution in [0.2, 0.25) is 0 Å². The van der Waals surface area contributed by atoms with Gasteiger partial charge in [-0.05, 0) is 29.9 Å². The van der Waals surface area contributed by atoms with Gasteiger partial charge in [0.2, 0.25) is 0 Å². The summed E-state index contributed by atoms with van der Waals surface area (Å²) < 4.78 is 49.3. The first-order valence-corrected chi connectivity index (χ1v) is 5.95. The summed E-state index contributed by atoms with van der Waals surface area (Å²) in [5, 5.41) is 2.42. The quantitative estimate of drug-likeness (QED) is 0.772. The normalized spacial score (nSPS) is 16.3. The van der Waals surface area contributed by atoms with Gasteiger partial charge < -0.3 is 5.32 Å². The van der Waals surface area contributed by atoms with Crippen molar-refractivity contribution >= 4 is 0 Å². The highest BCUT2D eigenvalue weighted by Gasteiger charge is 2.40. The van der Waals surface area contributed by atoms with Gasteiger partial charge >= 0.3 is 12.3 Å². The van der Waals surface area contributed by atoms with Crippen LogP contribution in [0.25, 0.3) is 0 Å². The summed E-state index contributed by atoms with van der Waals surface area (Å²) >= 11 is 0. The summed E-state index contributed by atoms with van der Waals surface area (Å²) in [4.78, 5) is 0. The molecule has 0 unspecified atom stereocenters. The number of hydrogen-bond acceptors (Lipinski definition) is 1. The molecule has 1 fully saturated rings. The number of rotatable bonds is 6. The molecule has 0 amide bonds. The van der Waals surface area contributed by atoms with E-state index in [9.17, 15) is 17.6 Å². The Balaban J connectivity index is 1.90. The topological polar surface area (TPSA) is 12.0 Å². The molecule has 5 heteroatoms. The van der Waals surface area contributed by atoms with Crippen LogP contribution in [0.5, 0.6) is 0 Å². The Morgan fingerprint density at radius 3 is 2.50 bits per heavy atom. The van der Waals surface area contributed by atoms with Crippen LogP contribution in [0.3, 0.4) is 0 Å². The maximum absolute atomic E-state index is 12.7. The van der Waals surface area contributed by atoms with E-state index in [1.165, 1.54) is 0 Å². The van der Waals surface area contributed by atoms with E-state index in [2.05, 4.69) is 5.32 Å². The van der Waals surface area contributed by atoms with Crippen LogP contribution in [-0.2, 0) is 6.54 Å². The zero-order valence-electron chi connectivity index (χ0n) is 9.80. The van der Waals surface area contributed by atoms with Crippen molar-refractivity contribution in [3.63, 3.8) is 0 Å². The van der Waals surface area contributed by atoms with Gasteiger partial charge in [-0.3, -0.25) is 0 Å². The molecular weight excluding hydrogens is 246 g/mol. The molecule has 1 aliphatic carbocycles. The summed E-state index contributed by atoms with van der Waals surface area (Å²) in [6, 6.07) is 7.56. The highest BCUT2D eigenvalue weighted by atomic mass is 19.3.